The molecule has 1 fully saturated rings. The van der Waals surface area contributed by atoms with Crippen molar-refractivity contribution in [3.8, 4) is 0 Å². The van der Waals surface area contributed by atoms with E-state index in [9.17, 15) is 9.59 Å². The molecule has 0 aromatic carbocycles. The summed E-state index contributed by atoms with van der Waals surface area (Å²) in [5.74, 6) is -4.72. The molecule has 6 heteroatoms. The second-order valence-corrected chi connectivity index (χ2v) is 5.78. The molecule has 0 saturated heterocycles. The van der Waals surface area contributed by atoms with Crippen molar-refractivity contribution in [1.29, 1.82) is 0 Å². The molecule has 0 N–H and O–H groups in total. The molecule has 22 heavy (non-hydrogen) atoms. The lowest BCUT2D eigenvalue weighted by Gasteiger charge is -2.56. The van der Waals surface area contributed by atoms with Crippen molar-refractivity contribution in [2.24, 2.45) is 23.7 Å². The normalized spacial score (nSPS) is 37.5. The molecule has 0 spiro atoms. The molecular formula is C16H20O6. The molecule has 0 unspecified atom stereocenters. The van der Waals surface area contributed by atoms with Crippen molar-refractivity contribution >= 4 is 11.6 Å². The van der Waals surface area contributed by atoms with Gasteiger partial charge in [0.25, 0.3) is 0 Å². The molecule has 120 valence electrons. The number of allylic oxidation sites excluding steroid dienone is 2. The molecule has 0 aromatic heterocycles. The van der Waals surface area contributed by atoms with Crippen molar-refractivity contribution < 1.29 is 28.5 Å². The second-order valence-electron chi connectivity index (χ2n) is 5.78. The van der Waals surface area contributed by atoms with Crippen molar-refractivity contribution in [3.63, 3.8) is 0 Å². The van der Waals surface area contributed by atoms with Gasteiger partial charge in [-0.25, -0.2) is 0 Å². The van der Waals surface area contributed by atoms with E-state index in [0.29, 0.717) is 0 Å². The molecule has 2 bridgehead atoms. The van der Waals surface area contributed by atoms with E-state index in [-0.39, 0.29) is 17.5 Å². The summed E-state index contributed by atoms with van der Waals surface area (Å²) in [5, 5.41) is 0. The topological polar surface area (TPSA) is 71.1 Å². The van der Waals surface area contributed by atoms with Crippen molar-refractivity contribution in [1.82, 2.24) is 0 Å². The van der Waals surface area contributed by atoms with Gasteiger partial charge in [-0.15, -0.1) is 0 Å². The Labute approximate surface area is 129 Å². The van der Waals surface area contributed by atoms with Crippen LogP contribution >= 0.6 is 0 Å². The predicted octanol–water partition coefficient (Wildman–Crippen LogP) is 0.721. The van der Waals surface area contributed by atoms with Crippen LogP contribution in [0.1, 0.15) is 0 Å². The third kappa shape index (κ3) is 1.58. The minimum absolute atomic E-state index is 0.133. The van der Waals surface area contributed by atoms with Crippen LogP contribution in [-0.4, -0.2) is 51.6 Å². The first-order valence-corrected chi connectivity index (χ1v) is 7.18. The van der Waals surface area contributed by atoms with E-state index in [0.717, 1.165) is 0 Å². The molecule has 0 heterocycles. The van der Waals surface area contributed by atoms with Gasteiger partial charge in [0.05, 0.1) is 0 Å². The molecule has 4 aliphatic rings. The molecule has 0 radical (unpaired) electrons. The highest BCUT2D eigenvalue weighted by molar-refractivity contribution is 6.00. The Bertz CT molecular complexity index is 555. The minimum atomic E-state index is -1.43. The van der Waals surface area contributed by atoms with Crippen molar-refractivity contribution in [2.45, 2.75) is 11.6 Å². The maximum Gasteiger partial charge on any atom is 0.236 e. The van der Waals surface area contributed by atoms with Crippen LogP contribution in [0.4, 0.5) is 0 Å². The Kier molecular flexibility index (Phi) is 3.60. The summed E-state index contributed by atoms with van der Waals surface area (Å²) in [6, 6.07) is 0. The summed E-state index contributed by atoms with van der Waals surface area (Å²) in [6.07, 6.45) is 6.95. The van der Waals surface area contributed by atoms with Crippen LogP contribution in [-0.2, 0) is 28.5 Å². The Morgan fingerprint density at radius 3 is 2.00 bits per heavy atom. The fraction of sp³-hybridized carbons (Fsp3) is 0.625. The Morgan fingerprint density at radius 2 is 1.45 bits per heavy atom. The number of Topliss-reactive ketones (excluding diaryl/α,β-unsaturated/α-hetero) is 1. The minimum Gasteiger partial charge on any atom is -0.347 e. The smallest absolute Gasteiger partial charge is 0.236 e. The summed E-state index contributed by atoms with van der Waals surface area (Å²) < 4.78 is 21.9. The molecule has 4 aliphatic carbocycles. The van der Waals surface area contributed by atoms with Crippen LogP contribution < -0.4 is 0 Å². The molecule has 0 aliphatic heterocycles. The lowest BCUT2D eigenvalue weighted by Crippen LogP contribution is -2.69. The largest absolute Gasteiger partial charge is 0.347 e. The molecule has 6 nitrogen and oxygen atoms in total. The Morgan fingerprint density at radius 1 is 0.864 bits per heavy atom. The zero-order valence-electron chi connectivity index (χ0n) is 13.1. The Hall–Kier alpha value is -1.34. The van der Waals surface area contributed by atoms with E-state index in [1.54, 1.807) is 6.08 Å². The average Bonchev–Trinajstić information content (AvgIpc) is 2.56. The van der Waals surface area contributed by atoms with Gasteiger partial charge < -0.3 is 18.9 Å². The van der Waals surface area contributed by atoms with Gasteiger partial charge in [-0.2, -0.15) is 0 Å². The van der Waals surface area contributed by atoms with Gasteiger partial charge in [-0.1, -0.05) is 18.2 Å². The van der Waals surface area contributed by atoms with Gasteiger partial charge in [0, 0.05) is 46.2 Å². The summed E-state index contributed by atoms with van der Waals surface area (Å²) in [6.45, 7) is 0. The number of hydrogen-bond acceptors (Lipinski definition) is 6. The van der Waals surface area contributed by atoms with E-state index in [1.807, 2.05) is 12.2 Å². The highest BCUT2D eigenvalue weighted by Gasteiger charge is 2.68. The fourth-order valence-corrected chi connectivity index (χ4v) is 4.29. The maximum absolute atomic E-state index is 12.8. The molecule has 4 atom stereocenters. The number of ketones is 2. The zero-order chi connectivity index (χ0) is 16.1. The first-order chi connectivity index (χ1) is 10.5. The SMILES string of the molecule is COC1(OC)C(=O)C=C[C@H]2[C@H]1[C@@H]1C=C[C@H]2C(=O)C1(OC)OC. The fourth-order valence-electron chi connectivity index (χ4n) is 4.29. The van der Waals surface area contributed by atoms with Crippen molar-refractivity contribution in [3.05, 3.63) is 24.3 Å². The van der Waals surface area contributed by atoms with Gasteiger partial charge in [0.1, 0.15) is 0 Å². The van der Waals surface area contributed by atoms with Crippen LogP contribution in [0.3, 0.4) is 0 Å². The average molecular weight is 308 g/mol. The third-order valence-electron chi connectivity index (χ3n) is 5.29. The lowest BCUT2D eigenvalue weighted by atomic mass is 9.54. The summed E-state index contributed by atoms with van der Waals surface area (Å²) in [4.78, 5) is 25.2. The molecule has 4 rings (SSSR count). The van der Waals surface area contributed by atoms with Gasteiger partial charge in [0.2, 0.25) is 17.4 Å². The van der Waals surface area contributed by atoms with E-state index >= 15 is 0 Å². The second kappa shape index (κ2) is 5.09. The monoisotopic (exact) mass is 308 g/mol. The standard InChI is InChI=1S/C16H20O6/c1-19-15(20-2)11-7-5-10(14(15)18)9-6-8-12(17)16(21-3,22-4)13(9)11/h5-11,13H,1-4H3/t9-,10-,11+,13+/m1/s1. The maximum atomic E-state index is 12.8. The molecule has 1 saturated carbocycles. The van der Waals surface area contributed by atoms with Crippen LogP contribution in [0.2, 0.25) is 0 Å². The first-order valence-electron chi connectivity index (χ1n) is 7.18. The van der Waals surface area contributed by atoms with E-state index in [4.69, 9.17) is 18.9 Å². The summed E-state index contributed by atoms with van der Waals surface area (Å²) in [7, 11) is 5.75. The van der Waals surface area contributed by atoms with Gasteiger partial charge in [-0.05, 0) is 12.0 Å². The van der Waals surface area contributed by atoms with Gasteiger partial charge in [0.15, 0.2) is 5.78 Å². The summed E-state index contributed by atoms with van der Waals surface area (Å²) >= 11 is 0. The van der Waals surface area contributed by atoms with Crippen LogP contribution in [0.5, 0.6) is 0 Å². The van der Waals surface area contributed by atoms with Crippen LogP contribution in [0.25, 0.3) is 0 Å². The number of ether oxygens (including phenoxy) is 4. The zero-order valence-corrected chi connectivity index (χ0v) is 13.1. The number of hydrogen-bond donors (Lipinski definition) is 0. The van der Waals surface area contributed by atoms with Gasteiger partial charge in [-0.3, -0.25) is 9.59 Å². The van der Waals surface area contributed by atoms with E-state index < -0.39 is 29.3 Å². The number of fused-ring (bicyclic) bond motifs is 1. The third-order valence-corrected chi connectivity index (χ3v) is 5.29. The Balaban J connectivity index is 2.19. The number of rotatable bonds is 4. The highest BCUT2D eigenvalue weighted by atomic mass is 16.7. The lowest BCUT2D eigenvalue weighted by molar-refractivity contribution is -0.295. The summed E-state index contributed by atoms with van der Waals surface area (Å²) in [5.41, 5.74) is 0. The van der Waals surface area contributed by atoms with Crippen LogP contribution in [0, 0.1) is 23.7 Å². The van der Waals surface area contributed by atoms with Crippen molar-refractivity contribution in [2.75, 3.05) is 28.4 Å². The quantitative estimate of drug-likeness (QED) is 0.563. The molecule has 0 aromatic rings. The van der Waals surface area contributed by atoms with Crippen LogP contribution in [0.15, 0.2) is 24.3 Å². The highest BCUT2D eigenvalue weighted by Crippen LogP contribution is 2.56. The number of carbonyl (C=O) groups excluding carboxylic acids is 2. The predicted molar refractivity (Wildman–Crippen MR) is 75.8 cm³/mol. The van der Waals surface area contributed by atoms with E-state index in [2.05, 4.69) is 0 Å². The molecular weight excluding hydrogens is 288 g/mol. The first kappa shape index (κ1) is 15.6. The number of methoxy groups -OCH3 is 4. The van der Waals surface area contributed by atoms with E-state index in [1.165, 1.54) is 34.5 Å². The molecule has 0 amide bonds. The number of carbonyl (C=O) groups is 2. The van der Waals surface area contributed by atoms with Gasteiger partial charge >= 0.3 is 0 Å².